The number of guanidine groups is 1. The Kier molecular flexibility index (Phi) is 8.73. The van der Waals surface area contributed by atoms with Crippen LogP contribution in [0.2, 0.25) is 5.15 Å². The second kappa shape index (κ2) is 10.4. The normalized spacial score (nSPS) is 13.0. The van der Waals surface area contributed by atoms with Gasteiger partial charge in [0.05, 0.1) is 19.8 Å². The van der Waals surface area contributed by atoms with Crippen LogP contribution in [0, 0.1) is 0 Å². The quantitative estimate of drug-likeness (QED) is 0.329. The molecule has 1 rings (SSSR count). The molecule has 0 saturated carbocycles. The third-order valence-electron chi connectivity index (χ3n) is 2.61. The highest BCUT2D eigenvalue weighted by atomic mass is 35.5. The molecule has 0 saturated heterocycles. The second-order valence-corrected chi connectivity index (χ2v) is 4.96. The van der Waals surface area contributed by atoms with Crippen LogP contribution in [0.4, 0.5) is 0 Å². The predicted molar refractivity (Wildman–Crippen MR) is 84.7 cm³/mol. The monoisotopic (exact) mass is 314 g/mol. The van der Waals surface area contributed by atoms with Crippen molar-refractivity contribution in [3.8, 4) is 0 Å². The standard InChI is InChI=1S/C14H23ClN4O2/c1-11(10-21-3)19-14(16-6-7-20-2)18-9-12-4-5-13(15)17-8-12/h4-5,8,11H,6-7,9-10H2,1-3H3,(H2,16,18,19). The highest BCUT2D eigenvalue weighted by Crippen LogP contribution is 2.06. The van der Waals surface area contributed by atoms with Crippen molar-refractivity contribution >= 4 is 17.6 Å². The Morgan fingerprint density at radius 3 is 2.81 bits per heavy atom. The van der Waals surface area contributed by atoms with E-state index in [4.69, 9.17) is 21.1 Å². The number of halogens is 1. The summed E-state index contributed by atoms with van der Waals surface area (Å²) < 4.78 is 10.1. The van der Waals surface area contributed by atoms with Gasteiger partial charge in [0.1, 0.15) is 5.15 Å². The zero-order chi connectivity index (χ0) is 15.5. The van der Waals surface area contributed by atoms with Crippen molar-refractivity contribution in [3.63, 3.8) is 0 Å². The van der Waals surface area contributed by atoms with Crippen molar-refractivity contribution in [3.05, 3.63) is 29.0 Å². The molecule has 0 aromatic carbocycles. The van der Waals surface area contributed by atoms with Crippen molar-refractivity contribution in [2.45, 2.75) is 19.5 Å². The molecule has 1 heterocycles. The Balaban J connectivity index is 2.59. The number of hydrogen-bond donors (Lipinski definition) is 2. The molecule has 6 nitrogen and oxygen atoms in total. The summed E-state index contributed by atoms with van der Waals surface area (Å²) in [7, 11) is 3.34. The molecule has 21 heavy (non-hydrogen) atoms. The number of nitrogens with one attached hydrogen (secondary N) is 2. The van der Waals surface area contributed by atoms with E-state index in [1.165, 1.54) is 0 Å². The summed E-state index contributed by atoms with van der Waals surface area (Å²) >= 11 is 5.76. The lowest BCUT2D eigenvalue weighted by Gasteiger charge is -2.17. The van der Waals surface area contributed by atoms with Crippen LogP contribution in [0.25, 0.3) is 0 Å². The van der Waals surface area contributed by atoms with Gasteiger partial charge in [-0.15, -0.1) is 0 Å². The number of pyridine rings is 1. The highest BCUT2D eigenvalue weighted by molar-refractivity contribution is 6.29. The van der Waals surface area contributed by atoms with Crippen molar-refractivity contribution < 1.29 is 9.47 Å². The average Bonchev–Trinajstić information content (AvgIpc) is 2.46. The molecular formula is C14H23ClN4O2. The fourth-order valence-corrected chi connectivity index (χ4v) is 1.73. The third-order valence-corrected chi connectivity index (χ3v) is 2.83. The van der Waals surface area contributed by atoms with Crippen molar-refractivity contribution in [2.75, 3.05) is 34.0 Å². The van der Waals surface area contributed by atoms with Gasteiger partial charge >= 0.3 is 0 Å². The molecule has 0 radical (unpaired) electrons. The summed E-state index contributed by atoms with van der Waals surface area (Å²) in [5.74, 6) is 0.714. The molecule has 0 fully saturated rings. The zero-order valence-corrected chi connectivity index (χ0v) is 13.5. The van der Waals surface area contributed by atoms with E-state index in [0.717, 1.165) is 5.56 Å². The minimum Gasteiger partial charge on any atom is -0.383 e. The molecule has 2 N–H and O–H groups in total. The fourth-order valence-electron chi connectivity index (χ4n) is 1.62. The van der Waals surface area contributed by atoms with E-state index in [2.05, 4.69) is 20.6 Å². The van der Waals surface area contributed by atoms with E-state index in [1.807, 2.05) is 13.0 Å². The van der Waals surface area contributed by atoms with Crippen LogP contribution in [0.3, 0.4) is 0 Å². The van der Waals surface area contributed by atoms with Crippen LogP contribution < -0.4 is 10.6 Å². The number of aromatic nitrogens is 1. The Morgan fingerprint density at radius 1 is 1.38 bits per heavy atom. The SMILES string of the molecule is COCCNC(=NCc1ccc(Cl)nc1)NC(C)COC. The second-order valence-electron chi connectivity index (χ2n) is 4.57. The van der Waals surface area contributed by atoms with Gasteiger partial charge in [0.25, 0.3) is 0 Å². The average molecular weight is 315 g/mol. The minimum absolute atomic E-state index is 0.159. The number of methoxy groups -OCH3 is 2. The summed E-state index contributed by atoms with van der Waals surface area (Å²) in [6.45, 7) is 4.45. The Labute approximate surface area is 130 Å². The number of aliphatic imine (C=N–C) groups is 1. The molecular weight excluding hydrogens is 292 g/mol. The Morgan fingerprint density at radius 2 is 2.19 bits per heavy atom. The first-order chi connectivity index (χ1) is 10.2. The van der Waals surface area contributed by atoms with Gasteiger partial charge in [0.2, 0.25) is 0 Å². The van der Waals surface area contributed by atoms with Gasteiger partial charge in [-0.1, -0.05) is 17.7 Å². The molecule has 0 aliphatic rings. The van der Waals surface area contributed by atoms with E-state index in [9.17, 15) is 0 Å². The molecule has 0 aliphatic heterocycles. The molecule has 1 aromatic heterocycles. The summed E-state index contributed by atoms with van der Waals surface area (Å²) in [5, 5.41) is 6.95. The van der Waals surface area contributed by atoms with Crippen molar-refractivity contribution in [1.29, 1.82) is 0 Å². The topological polar surface area (TPSA) is 67.8 Å². The van der Waals surface area contributed by atoms with Crippen molar-refractivity contribution in [2.24, 2.45) is 4.99 Å². The Hall–Kier alpha value is -1.37. The predicted octanol–water partition coefficient (Wildman–Crippen LogP) is 1.45. The zero-order valence-electron chi connectivity index (χ0n) is 12.7. The van der Waals surface area contributed by atoms with Crippen LogP contribution in [0.15, 0.2) is 23.3 Å². The summed E-state index contributed by atoms with van der Waals surface area (Å²) in [6.07, 6.45) is 1.72. The molecule has 0 bridgehead atoms. The first-order valence-electron chi connectivity index (χ1n) is 6.79. The minimum atomic E-state index is 0.159. The van der Waals surface area contributed by atoms with E-state index in [1.54, 1.807) is 26.5 Å². The molecule has 1 aromatic rings. The number of ether oxygens (including phenoxy) is 2. The van der Waals surface area contributed by atoms with Gasteiger partial charge < -0.3 is 20.1 Å². The van der Waals surface area contributed by atoms with E-state index in [-0.39, 0.29) is 6.04 Å². The van der Waals surface area contributed by atoms with Crippen molar-refractivity contribution in [1.82, 2.24) is 15.6 Å². The van der Waals surface area contributed by atoms with Gasteiger partial charge in [-0.3, -0.25) is 0 Å². The van der Waals surface area contributed by atoms with Gasteiger partial charge in [-0.05, 0) is 18.6 Å². The lowest BCUT2D eigenvalue weighted by atomic mass is 10.3. The van der Waals surface area contributed by atoms with Gasteiger partial charge in [-0.2, -0.15) is 0 Å². The van der Waals surface area contributed by atoms with Gasteiger partial charge in [-0.25, -0.2) is 9.98 Å². The van der Waals surface area contributed by atoms with Crippen LogP contribution in [0.1, 0.15) is 12.5 Å². The molecule has 0 spiro atoms. The first kappa shape index (κ1) is 17.7. The van der Waals surface area contributed by atoms with Crippen LogP contribution >= 0.6 is 11.6 Å². The maximum absolute atomic E-state index is 5.76. The van der Waals surface area contributed by atoms with Crippen LogP contribution in [-0.2, 0) is 16.0 Å². The molecule has 118 valence electrons. The molecule has 7 heteroatoms. The number of rotatable bonds is 8. The largest absolute Gasteiger partial charge is 0.383 e. The Bertz CT molecular complexity index is 425. The van der Waals surface area contributed by atoms with Crippen LogP contribution in [-0.4, -0.2) is 51.0 Å². The van der Waals surface area contributed by atoms with Crippen LogP contribution in [0.5, 0.6) is 0 Å². The maximum Gasteiger partial charge on any atom is 0.191 e. The molecule has 0 aliphatic carbocycles. The molecule has 0 amide bonds. The van der Waals surface area contributed by atoms with E-state index < -0.39 is 0 Å². The van der Waals surface area contributed by atoms with Gasteiger partial charge in [0, 0.05) is 33.0 Å². The smallest absolute Gasteiger partial charge is 0.191 e. The number of hydrogen-bond acceptors (Lipinski definition) is 4. The summed E-state index contributed by atoms with van der Waals surface area (Å²) in [5.41, 5.74) is 0.992. The van der Waals surface area contributed by atoms with E-state index >= 15 is 0 Å². The lowest BCUT2D eigenvalue weighted by Crippen LogP contribution is -2.45. The first-order valence-corrected chi connectivity index (χ1v) is 7.16. The molecule has 1 atom stereocenters. The highest BCUT2D eigenvalue weighted by Gasteiger charge is 2.05. The summed E-state index contributed by atoms with van der Waals surface area (Å²) in [6, 6.07) is 3.82. The fraction of sp³-hybridized carbons (Fsp3) is 0.571. The van der Waals surface area contributed by atoms with Gasteiger partial charge in [0.15, 0.2) is 5.96 Å². The molecule has 1 unspecified atom stereocenters. The lowest BCUT2D eigenvalue weighted by molar-refractivity contribution is 0.178. The number of nitrogens with zero attached hydrogens (tertiary/aromatic N) is 2. The third kappa shape index (κ3) is 7.84. The van der Waals surface area contributed by atoms with E-state index in [0.29, 0.717) is 37.4 Å². The maximum atomic E-state index is 5.76. The summed E-state index contributed by atoms with van der Waals surface area (Å²) in [4.78, 5) is 8.56.